The average Bonchev–Trinajstić information content (AvgIpc) is 2.80. The molecule has 1 aliphatic carbocycles. The highest BCUT2D eigenvalue weighted by Gasteiger charge is 2.23. The van der Waals surface area contributed by atoms with Crippen LogP contribution in [0.5, 0.6) is 0 Å². The number of pyridine rings is 1. The van der Waals surface area contributed by atoms with E-state index in [4.69, 9.17) is 0 Å². The molecule has 1 aliphatic rings. The maximum Gasteiger partial charge on any atom is 0.0606 e. The van der Waals surface area contributed by atoms with Crippen LogP contribution in [-0.4, -0.2) is 29.3 Å². The highest BCUT2D eigenvalue weighted by molar-refractivity contribution is 5.52. The molecule has 0 aromatic carbocycles. The van der Waals surface area contributed by atoms with Crippen LogP contribution in [0.3, 0.4) is 0 Å². The third kappa shape index (κ3) is 2.35. The Bertz CT molecular complexity index is 334. The van der Waals surface area contributed by atoms with Gasteiger partial charge in [-0.05, 0) is 31.4 Å². The smallest absolute Gasteiger partial charge is 0.0606 e. The molecule has 0 atom stereocenters. The van der Waals surface area contributed by atoms with Crippen molar-refractivity contribution in [2.45, 2.75) is 38.6 Å². The van der Waals surface area contributed by atoms with Crippen LogP contribution in [0.1, 0.15) is 31.2 Å². The van der Waals surface area contributed by atoms with E-state index in [2.05, 4.69) is 22.9 Å². The summed E-state index contributed by atoms with van der Waals surface area (Å²) >= 11 is 0. The van der Waals surface area contributed by atoms with Crippen LogP contribution in [-0.2, 0) is 0 Å². The molecule has 0 bridgehead atoms. The molecule has 1 saturated carbocycles. The van der Waals surface area contributed by atoms with Gasteiger partial charge < -0.3 is 10.0 Å². The fraction of sp³-hybridized carbons (Fsp3) is 0.615. The average molecular weight is 220 g/mol. The minimum absolute atomic E-state index is 0.220. The highest BCUT2D eigenvalue weighted by atomic mass is 16.3. The van der Waals surface area contributed by atoms with Crippen molar-refractivity contribution in [2.24, 2.45) is 0 Å². The lowest BCUT2D eigenvalue weighted by Gasteiger charge is -2.31. The predicted octanol–water partition coefficient (Wildman–Crippen LogP) is 2.13. The van der Waals surface area contributed by atoms with Crippen LogP contribution in [0, 0.1) is 6.92 Å². The lowest BCUT2D eigenvalue weighted by molar-refractivity contribution is 0.297. The molecule has 2 rings (SSSR count). The fourth-order valence-corrected chi connectivity index (χ4v) is 2.61. The minimum atomic E-state index is 0.220. The summed E-state index contributed by atoms with van der Waals surface area (Å²) in [5.41, 5.74) is 2.43. The number of aromatic nitrogens is 1. The van der Waals surface area contributed by atoms with Gasteiger partial charge in [-0.15, -0.1) is 0 Å². The van der Waals surface area contributed by atoms with E-state index in [1.54, 1.807) is 0 Å². The Hall–Kier alpha value is -1.09. The van der Waals surface area contributed by atoms with Crippen molar-refractivity contribution < 1.29 is 5.11 Å². The molecule has 0 amide bonds. The first-order valence-electron chi connectivity index (χ1n) is 6.11. The molecule has 16 heavy (non-hydrogen) atoms. The zero-order valence-electron chi connectivity index (χ0n) is 9.89. The number of aliphatic hydroxyl groups is 1. The Kier molecular flexibility index (Phi) is 3.78. The van der Waals surface area contributed by atoms with Gasteiger partial charge >= 0.3 is 0 Å². The molecular formula is C13H20N2O. The molecule has 1 heterocycles. The summed E-state index contributed by atoms with van der Waals surface area (Å²) < 4.78 is 0. The molecule has 1 N–H and O–H groups in total. The van der Waals surface area contributed by atoms with Crippen molar-refractivity contribution in [1.29, 1.82) is 0 Å². The maximum absolute atomic E-state index is 9.19. The van der Waals surface area contributed by atoms with Crippen molar-refractivity contribution >= 4 is 5.69 Å². The Morgan fingerprint density at radius 3 is 2.81 bits per heavy atom. The molecule has 1 aromatic heterocycles. The molecule has 0 spiro atoms. The first-order chi connectivity index (χ1) is 7.83. The van der Waals surface area contributed by atoms with Crippen molar-refractivity contribution in [3.8, 4) is 0 Å². The normalized spacial score (nSPS) is 16.6. The van der Waals surface area contributed by atoms with Crippen molar-refractivity contribution in [1.82, 2.24) is 4.98 Å². The number of hydrogen-bond acceptors (Lipinski definition) is 3. The van der Waals surface area contributed by atoms with Gasteiger partial charge in [-0.3, -0.25) is 4.98 Å². The van der Waals surface area contributed by atoms with E-state index in [0.29, 0.717) is 6.04 Å². The summed E-state index contributed by atoms with van der Waals surface area (Å²) in [6.45, 7) is 3.04. The molecule has 0 saturated heterocycles. The number of rotatable bonds is 4. The number of nitrogens with zero attached hydrogens (tertiary/aromatic N) is 2. The third-order valence-corrected chi connectivity index (χ3v) is 3.41. The summed E-state index contributed by atoms with van der Waals surface area (Å²) in [7, 11) is 0. The van der Waals surface area contributed by atoms with E-state index in [1.807, 2.05) is 12.4 Å². The number of aliphatic hydroxyl groups excluding tert-OH is 1. The number of hydrogen-bond donors (Lipinski definition) is 1. The Balaban J connectivity index is 2.21. The van der Waals surface area contributed by atoms with Gasteiger partial charge in [0, 0.05) is 30.7 Å². The van der Waals surface area contributed by atoms with E-state index in [9.17, 15) is 5.11 Å². The summed E-state index contributed by atoms with van der Waals surface area (Å²) in [5.74, 6) is 0. The van der Waals surface area contributed by atoms with Crippen molar-refractivity contribution in [3.63, 3.8) is 0 Å². The topological polar surface area (TPSA) is 36.4 Å². The molecule has 0 aliphatic heterocycles. The summed E-state index contributed by atoms with van der Waals surface area (Å²) in [6, 6.07) is 2.66. The molecule has 0 unspecified atom stereocenters. The van der Waals surface area contributed by atoms with Crippen LogP contribution in [0.2, 0.25) is 0 Å². The molecule has 3 nitrogen and oxygen atoms in total. The van der Waals surface area contributed by atoms with Crippen molar-refractivity contribution in [3.05, 3.63) is 24.0 Å². The van der Waals surface area contributed by atoms with Gasteiger partial charge in [0.05, 0.1) is 6.61 Å². The van der Waals surface area contributed by atoms with E-state index >= 15 is 0 Å². The number of anilines is 1. The molecule has 88 valence electrons. The Labute approximate surface area is 97.1 Å². The zero-order valence-corrected chi connectivity index (χ0v) is 9.89. The monoisotopic (exact) mass is 220 g/mol. The second-order valence-electron chi connectivity index (χ2n) is 4.52. The van der Waals surface area contributed by atoms with Gasteiger partial charge in [0.25, 0.3) is 0 Å². The van der Waals surface area contributed by atoms with Crippen molar-refractivity contribution in [2.75, 3.05) is 18.1 Å². The predicted molar refractivity (Wildman–Crippen MR) is 65.7 cm³/mol. The molecule has 0 radical (unpaired) electrons. The first kappa shape index (κ1) is 11.4. The van der Waals surface area contributed by atoms with E-state index in [-0.39, 0.29) is 6.61 Å². The minimum Gasteiger partial charge on any atom is -0.395 e. The van der Waals surface area contributed by atoms with E-state index < -0.39 is 0 Å². The van der Waals surface area contributed by atoms with Crippen LogP contribution < -0.4 is 4.90 Å². The van der Waals surface area contributed by atoms with Crippen LogP contribution >= 0.6 is 0 Å². The highest BCUT2D eigenvalue weighted by Crippen LogP contribution is 2.29. The second kappa shape index (κ2) is 5.30. The maximum atomic E-state index is 9.19. The van der Waals surface area contributed by atoms with Gasteiger partial charge in [-0.1, -0.05) is 12.8 Å². The Morgan fingerprint density at radius 2 is 2.19 bits per heavy atom. The van der Waals surface area contributed by atoms with Gasteiger partial charge in [-0.2, -0.15) is 0 Å². The molecular weight excluding hydrogens is 200 g/mol. The van der Waals surface area contributed by atoms with Gasteiger partial charge in [-0.25, -0.2) is 0 Å². The van der Waals surface area contributed by atoms with E-state index in [0.717, 1.165) is 6.54 Å². The van der Waals surface area contributed by atoms with Crippen LogP contribution in [0.25, 0.3) is 0 Å². The molecule has 1 aromatic rings. The zero-order chi connectivity index (χ0) is 11.4. The summed E-state index contributed by atoms with van der Waals surface area (Å²) in [5, 5.41) is 9.19. The van der Waals surface area contributed by atoms with Crippen LogP contribution in [0.15, 0.2) is 18.5 Å². The number of aryl methyl sites for hydroxylation is 1. The van der Waals surface area contributed by atoms with Crippen LogP contribution in [0.4, 0.5) is 5.69 Å². The second-order valence-corrected chi connectivity index (χ2v) is 4.52. The fourth-order valence-electron chi connectivity index (χ4n) is 2.61. The van der Waals surface area contributed by atoms with Gasteiger partial charge in [0.1, 0.15) is 0 Å². The molecule has 1 fully saturated rings. The van der Waals surface area contributed by atoms with Gasteiger partial charge in [0.2, 0.25) is 0 Å². The van der Waals surface area contributed by atoms with E-state index in [1.165, 1.54) is 36.9 Å². The summed E-state index contributed by atoms with van der Waals surface area (Å²) in [4.78, 5) is 6.48. The quantitative estimate of drug-likeness (QED) is 0.844. The SMILES string of the molecule is Cc1cnccc1N(CCO)C1CCCC1. The lowest BCUT2D eigenvalue weighted by Crippen LogP contribution is -2.36. The molecule has 3 heteroatoms. The Morgan fingerprint density at radius 1 is 1.44 bits per heavy atom. The largest absolute Gasteiger partial charge is 0.395 e. The first-order valence-corrected chi connectivity index (χ1v) is 6.11. The third-order valence-electron chi connectivity index (χ3n) is 3.41. The van der Waals surface area contributed by atoms with Gasteiger partial charge in [0.15, 0.2) is 0 Å². The summed E-state index contributed by atoms with van der Waals surface area (Å²) in [6.07, 6.45) is 8.87. The standard InChI is InChI=1S/C13H20N2O/c1-11-10-14-7-6-13(11)15(8-9-16)12-4-2-3-5-12/h6-7,10,12,16H,2-5,8-9H2,1H3. The lowest BCUT2D eigenvalue weighted by atomic mass is 10.1.